The van der Waals surface area contributed by atoms with Crippen molar-refractivity contribution in [1.29, 1.82) is 0 Å². The fourth-order valence-corrected chi connectivity index (χ4v) is 3.35. The number of hydrogen-bond acceptors (Lipinski definition) is 4. The van der Waals surface area contributed by atoms with E-state index in [4.69, 9.17) is 5.11 Å². The van der Waals surface area contributed by atoms with E-state index in [-0.39, 0.29) is 36.4 Å². The fourth-order valence-electron chi connectivity index (χ4n) is 3.35. The summed E-state index contributed by atoms with van der Waals surface area (Å²) in [7, 11) is 0. The predicted octanol–water partition coefficient (Wildman–Crippen LogP) is 0.472. The number of aliphatic hydroxyl groups is 1. The number of nitrogens with one attached hydrogen (secondary N) is 3. The van der Waals surface area contributed by atoms with Crippen molar-refractivity contribution in [2.45, 2.75) is 51.3 Å². The van der Waals surface area contributed by atoms with E-state index in [2.05, 4.69) is 16.0 Å². The Morgan fingerprint density at radius 2 is 2.00 bits per heavy atom. The van der Waals surface area contributed by atoms with Crippen LogP contribution in [0.15, 0.2) is 24.3 Å². The van der Waals surface area contributed by atoms with Crippen LogP contribution in [0.5, 0.6) is 0 Å². The summed E-state index contributed by atoms with van der Waals surface area (Å²) < 4.78 is 0. The molecule has 2 fully saturated rings. The van der Waals surface area contributed by atoms with E-state index in [1.807, 2.05) is 6.92 Å². The molecule has 1 aromatic rings. The van der Waals surface area contributed by atoms with Gasteiger partial charge in [-0.05, 0) is 43.9 Å². The van der Waals surface area contributed by atoms with Crippen molar-refractivity contribution in [2.24, 2.45) is 5.41 Å². The number of benzene rings is 1. The molecule has 3 amide bonds. The standard InChI is InChI=1S/C19H25N3O4/c1-19(6-5-16(24)20-11-19)18(26)22-15-8-14(9-15)21-17(25)13-4-2-3-12(7-13)10-23/h2-4,7,14-15,23H,5-6,8-11H2,1H3,(H,20,24)(H,21,25)(H,22,26). The van der Waals surface area contributed by atoms with Crippen LogP contribution in [0.1, 0.15) is 48.5 Å². The first-order valence-electron chi connectivity index (χ1n) is 8.98. The van der Waals surface area contributed by atoms with Crippen molar-refractivity contribution in [1.82, 2.24) is 16.0 Å². The highest BCUT2D eigenvalue weighted by atomic mass is 16.3. The Morgan fingerprint density at radius 1 is 1.27 bits per heavy atom. The molecule has 1 aliphatic carbocycles. The lowest BCUT2D eigenvalue weighted by atomic mass is 9.80. The van der Waals surface area contributed by atoms with Crippen molar-refractivity contribution in [3.8, 4) is 0 Å². The van der Waals surface area contributed by atoms with Crippen LogP contribution in [-0.4, -0.2) is 41.5 Å². The average Bonchev–Trinajstić information content (AvgIpc) is 2.62. The SMILES string of the molecule is CC1(C(=O)NC2CC(NC(=O)c3cccc(CO)c3)C2)CCC(=O)NC1. The Hall–Kier alpha value is -2.41. The van der Waals surface area contributed by atoms with Crippen LogP contribution < -0.4 is 16.0 Å². The van der Waals surface area contributed by atoms with E-state index in [1.54, 1.807) is 24.3 Å². The van der Waals surface area contributed by atoms with Crippen LogP contribution in [0.3, 0.4) is 0 Å². The highest BCUT2D eigenvalue weighted by Gasteiger charge is 2.40. The number of carbonyl (C=O) groups is 3. The molecule has 140 valence electrons. The van der Waals surface area contributed by atoms with Gasteiger partial charge in [-0.1, -0.05) is 12.1 Å². The first-order valence-corrected chi connectivity index (χ1v) is 8.98. The first kappa shape index (κ1) is 18.4. The largest absolute Gasteiger partial charge is 0.392 e. The maximum Gasteiger partial charge on any atom is 0.251 e. The number of amides is 3. The minimum atomic E-state index is -0.563. The van der Waals surface area contributed by atoms with Gasteiger partial charge in [-0.3, -0.25) is 14.4 Å². The molecule has 0 aromatic heterocycles. The van der Waals surface area contributed by atoms with Crippen LogP contribution in [0.25, 0.3) is 0 Å². The van der Waals surface area contributed by atoms with E-state index in [1.165, 1.54) is 0 Å². The summed E-state index contributed by atoms with van der Waals surface area (Å²) >= 11 is 0. The number of piperidine rings is 1. The van der Waals surface area contributed by atoms with Gasteiger partial charge in [0.15, 0.2) is 0 Å². The van der Waals surface area contributed by atoms with E-state index in [0.29, 0.717) is 43.4 Å². The summed E-state index contributed by atoms with van der Waals surface area (Å²) in [5.41, 5.74) is 0.659. The van der Waals surface area contributed by atoms with Gasteiger partial charge >= 0.3 is 0 Å². The Kier molecular flexibility index (Phi) is 5.27. The maximum atomic E-state index is 12.5. The quantitative estimate of drug-likeness (QED) is 0.613. The normalized spacial score (nSPS) is 27.8. The lowest BCUT2D eigenvalue weighted by Crippen LogP contribution is -2.58. The van der Waals surface area contributed by atoms with Crippen LogP contribution in [0.4, 0.5) is 0 Å². The molecule has 1 atom stereocenters. The third-order valence-electron chi connectivity index (χ3n) is 5.31. The summed E-state index contributed by atoms with van der Waals surface area (Å²) in [4.78, 5) is 36.0. The van der Waals surface area contributed by atoms with Crippen molar-refractivity contribution in [2.75, 3.05) is 6.54 Å². The molecule has 1 saturated carbocycles. The maximum absolute atomic E-state index is 12.5. The molecule has 4 N–H and O–H groups in total. The lowest BCUT2D eigenvalue weighted by molar-refractivity contribution is -0.135. The molecule has 0 bridgehead atoms. The number of carbonyl (C=O) groups excluding carboxylic acids is 3. The lowest BCUT2D eigenvalue weighted by Gasteiger charge is -2.39. The third kappa shape index (κ3) is 4.04. The Morgan fingerprint density at radius 3 is 2.65 bits per heavy atom. The molecule has 26 heavy (non-hydrogen) atoms. The molecule has 1 saturated heterocycles. The smallest absolute Gasteiger partial charge is 0.251 e. The topological polar surface area (TPSA) is 108 Å². The molecule has 7 heteroatoms. The first-order chi connectivity index (χ1) is 12.4. The van der Waals surface area contributed by atoms with Gasteiger partial charge in [-0.15, -0.1) is 0 Å². The van der Waals surface area contributed by atoms with Gasteiger partial charge < -0.3 is 21.1 Å². The molecule has 1 aliphatic heterocycles. The molecule has 1 unspecified atom stereocenters. The highest BCUT2D eigenvalue weighted by molar-refractivity contribution is 5.94. The molecular weight excluding hydrogens is 334 g/mol. The summed E-state index contributed by atoms with van der Waals surface area (Å²) in [6.45, 7) is 2.14. The van der Waals surface area contributed by atoms with Gasteiger partial charge in [0.25, 0.3) is 5.91 Å². The van der Waals surface area contributed by atoms with Gasteiger partial charge in [-0.2, -0.15) is 0 Å². The molecule has 2 aliphatic rings. The summed E-state index contributed by atoms with van der Waals surface area (Å²) in [6, 6.07) is 6.97. The molecule has 3 rings (SSSR count). The summed E-state index contributed by atoms with van der Waals surface area (Å²) in [5.74, 6) is -0.216. The van der Waals surface area contributed by atoms with Gasteiger partial charge in [0.2, 0.25) is 11.8 Å². The highest BCUT2D eigenvalue weighted by Crippen LogP contribution is 2.28. The Labute approximate surface area is 152 Å². The zero-order chi connectivity index (χ0) is 18.7. The summed E-state index contributed by atoms with van der Waals surface area (Å²) in [6.07, 6.45) is 2.32. The predicted molar refractivity (Wildman–Crippen MR) is 95.1 cm³/mol. The van der Waals surface area contributed by atoms with E-state index in [0.717, 1.165) is 0 Å². The van der Waals surface area contributed by atoms with Gasteiger partial charge in [0.1, 0.15) is 0 Å². The van der Waals surface area contributed by atoms with E-state index >= 15 is 0 Å². The van der Waals surface area contributed by atoms with Gasteiger partial charge in [-0.25, -0.2) is 0 Å². The number of rotatable bonds is 5. The molecule has 1 aromatic carbocycles. The Bertz CT molecular complexity index is 702. The second kappa shape index (κ2) is 7.45. The molecule has 7 nitrogen and oxygen atoms in total. The van der Waals surface area contributed by atoms with Gasteiger partial charge in [0, 0.05) is 30.6 Å². The Balaban J connectivity index is 1.44. The molecular formula is C19H25N3O4. The fraction of sp³-hybridized carbons (Fsp3) is 0.526. The summed E-state index contributed by atoms with van der Waals surface area (Å²) in [5, 5.41) is 17.9. The van der Waals surface area contributed by atoms with Crippen LogP contribution in [0, 0.1) is 5.41 Å². The van der Waals surface area contributed by atoms with Crippen molar-refractivity contribution in [3.63, 3.8) is 0 Å². The average molecular weight is 359 g/mol. The van der Waals surface area contributed by atoms with Crippen LogP contribution in [-0.2, 0) is 16.2 Å². The van der Waals surface area contributed by atoms with Crippen LogP contribution >= 0.6 is 0 Å². The minimum absolute atomic E-state index is 0.00744. The van der Waals surface area contributed by atoms with Crippen molar-refractivity contribution in [3.05, 3.63) is 35.4 Å². The minimum Gasteiger partial charge on any atom is -0.392 e. The van der Waals surface area contributed by atoms with Crippen molar-refractivity contribution >= 4 is 17.7 Å². The molecule has 0 radical (unpaired) electrons. The number of hydrogen-bond donors (Lipinski definition) is 4. The van der Waals surface area contributed by atoms with Gasteiger partial charge in [0.05, 0.1) is 12.0 Å². The zero-order valence-electron chi connectivity index (χ0n) is 14.9. The third-order valence-corrected chi connectivity index (χ3v) is 5.31. The zero-order valence-corrected chi connectivity index (χ0v) is 14.9. The molecule has 0 spiro atoms. The van der Waals surface area contributed by atoms with E-state index < -0.39 is 5.41 Å². The molecule has 1 heterocycles. The second-order valence-corrected chi connectivity index (χ2v) is 7.51. The van der Waals surface area contributed by atoms with Crippen molar-refractivity contribution < 1.29 is 19.5 Å². The van der Waals surface area contributed by atoms with Crippen LogP contribution in [0.2, 0.25) is 0 Å². The monoisotopic (exact) mass is 359 g/mol. The van der Waals surface area contributed by atoms with E-state index in [9.17, 15) is 14.4 Å². The second-order valence-electron chi connectivity index (χ2n) is 7.51. The number of aliphatic hydroxyl groups excluding tert-OH is 1.